The zero-order valence-corrected chi connectivity index (χ0v) is 11.6. The Bertz CT molecular complexity index is 549. The molecule has 2 aliphatic rings. The summed E-state index contributed by atoms with van der Waals surface area (Å²) in [6, 6.07) is 5.55. The number of amides is 2. The van der Waals surface area contributed by atoms with E-state index in [1.165, 1.54) is 11.8 Å². The van der Waals surface area contributed by atoms with Crippen LogP contribution in [-0.2, 0) is 11.3 Å². The van der Waals surface area contributed by atoms with Crippen LogP contribution in [0.5, 0.6) is 11.5 Å². The number of thioether (sulfide) groups is 1. The molecule has 0 aromatic heterocycles. The van der Waals surface area contributed by atoms with E-state index in [2.05, 4.69) is 5.32 Å². The summed E-state index contributed by atoms with van der Waals surface area (Å²) >= 11 is 1.25. The quantitative estimate of drug-likeness (QED) is 0.904. The summed E-state index contributed by atoms with van der Waals surface area (Å²) in [7, 11) is 0. The number of rotatable bonds is 4. The minimum absolute atomic E-state index is 0.0248. The summed E-state index contributed by atoms with van der Waals surface area (Å²) in [4.78, 5) is 24.7. The molecule has 7 heteroatoms. The molecule has 20 heavy (non-hydrogen) atoms. The van der Waals surface area contributed by atoms with Gasteiger partial charge in [0.25, 0.3) is 5.24 Å². The number of carbonyl (C=O) groups is 2. The smallest absolute Gasteiger partial charge is 0.282 e. The predicted molar refractivity (Wildman–Crippen MR) is 73.8 cm³/mol. The molecule has 2 heterocycles. The lowest BCUT2D eigenvalue weighted by Crippen LogP contribution is -2.36. The topological polar surface area (TPSA) is 67.9 Å². The first kappa shape index (κ1) is 13.1. The molecule has 0 unspecified atom stereocenters. The lowest BCUT2D eigenvalue weighted by molar-refractivity contribution is -0.121. The molecular formula is C13H14N2O4S. The van der Waals surface area contributed by atoms with Crippen molar-refractivity contribution in [3.05, 3.63) is 23.8 Å². The molecule has 2 amide bonds. The molecule has 1 aromatic rings. The fourth-order valence-corrected chi connectivity index (χ4v) is 2.87. The van der Waals surface area contributed by atoms with Gasteiger partial charge < -0.3 is 19.7 Å². The third-order valence-corrected chi connectivity index (χ3v) is 4.00. The second kappa shape index (κ2) is 5.62. The van der Waals surface area contributed by atoms with Gasteiger partial charge in [0.2, 0.25) is 12.7 Å². The SMILES string of the molecule is O=C(CN1CCSC1=O)NCc1ccc2c(c1)OCO2. The van der Waals surface area contributed by atoms with E-state index in [1.807, 2.05) is 18.2 Å². The Hall–Kier alpha value is -1.89. The average molecular weight is 294 g/mol. The van der Waals surface area contributed by atoms with E-state index < -0.39 is 0 Å². The largest absolute Gasteiger partial charge is 0.454 e. The summed E-state index contributed by atoms with van der Waals surface area (Å²) in [5.41, 5.74) is 0.935. The second-order valence-electron chi connectivity index (χ2n) is 4.50. The predicted octanol–water partition coefficient (Wildman–Crippen LogP) is 1.20. The number of nitrogens with zero attached hydrogens (tertiary/aromatic N) is 1. The van der Waals surface area contributed by atoms with E-state index in [0.29, 0.717) is 18.8 Å². The van der Waals surface area contributed by atoms with E-state index in [4.69, 9.17) is 9.47 Å². The van der Waals surface area contributed by atoms with Gasteiger partial charge in [-0.25, -0.2) is 0 Å². The van der Waals surface area contributed by atoms with Gasteiger partial charge in [0, 0.05) is 18.8 Å². The summed E-state index contributed by atoms with van der Waals surface area (Å²) < 4.78 is 10.5. The van der Waals surface area contributed by atoms with Crippen LogP contribution < -0.4 is 14.8 Å². The Balaban J connectivity index is 1.51. The highest BCUT2D eigenvalue weighted by Crippen LogP contribution is 2.32. The van der Waals surface area contributed by atoms with Crippen molar-refractivity contribution in [2.24, 2.45) is 0 Å². The second-order valence-corrected chi connectivity index (χ2v) is 5.55. The molecule has 1 aromatic carbocycles. The molecule has 0 spiro atoms. The molecule has 2 aliphatic heterocycles. The lowest BCUT2D eigenvalue weighted by Gasteiger charge is -2.14. The molecule has 1 saturated heterocycles. The molecule has 1 fully saturated rings. The van der Waals surface area contributed by atoms with Gasteiger partial charge in [0.15, 0.2) is 11.5 Å². The van der Waals surface area contributed by atoms with Gasteiger partial charge >= 0.3 is 0 Å². The Labute approximate surface area is 120 Å². The van der Waals surface area contributed by atoms with E-state index in [1.54, 1.807) is 4.90 Å². The average Bonchev–Trinajstić information content (AvgIpc) is 3.05. The maximum atomic E-state index is 11.8. The zero-order valence-electron chi connectivity index (χ0n) is 10.8. The molecule has 0 atom stereocenters. The maximum absolute atomic E-state index is 11.8. The van der Waals surface area contributed by atoms with Crippen LogP contribution in [0.4, 0.5) is 4.79 Å². The minimum Gasteiger partial charge on any atom is -0.454 e. The Morgan fingerprint density at radius 3 is 3.00 bits per heavy atom. The highest BCUT2D eigenvalue weighted by atomic mass is 32.2. The molecule has 0 aliphatic carbocycles. The van der Waals surface area contributed by atoms with Gasteiger partial charge in [-0.15, -0.1) is 0 Å². The fraction of sp³-hybridized carbons (Fsp3) is 0.385. The molecular weight excluding hydrogens is 280 g/mol. The molecule has 3 rings (SSSR count). The Morgan fingerprint density at radius 2 is 2.20 bits per heavy atom. The van der Waals surface area contributed by atoms with Crippen LogP contribution >= 0.6 is 11.8 Å². The molecule has 1 N–H and O–H groups in total. The first-order chi connectivity index (χ1) is 9.72. The molecule has 0 radical (unpaired) electrons. The van der Waals surface area contributed by atoms with Crippen LogP contribution in [0.15, 0.2) is 18.2 Å². The van der Waals surface area contributed by atoms with Crippen LogP contribution in [0.1, 0.15) is 5.56 Å². The van der Waals surface area contributed by atoms with Gasteiger partial charge in [-0.1, -0.05) is 17.8 Å². The standard InChI is InChI=1S/C13H14N2O4S/c16-12(7-15-3-4-20-13(15)17)14-6-9-1-2-10-11(5-9)19-8-18-10/h1-2,5H,3-4,6-8H2,(H,14,16). The summed E-state index contributed by atoms with van der Waals surface area (Å²) in [6.07, 6.45) is 0. The maximum Gasteiger partial charge on any atom is 0.282 e. The van der Waals surface area contributed by atoms with Gasteiger partial charge in [0.05, 0.1) is 0 Å². The third kappa shape index (κ3) is 2.82. The van der Waals surface area contributed by atoms with Crippen molar-refractivity contribution in [1.29, 1.82) is 0 Å². The number of ether oxygens (including phenoxy) is 2. The molecule has 6 nitrogen and oxygen atoms in total. The molecule has 0 bridgehead atoms. The monoisotopic (exact) mass is 294 g/mol. The van der Waals surface area contributed by atoms with E-state index in [9.17, 15) is 9.59 Å². The third-order valence-electron chi connectivity index (χ3n) is 3.11. The number of benzene rings is 1. The number of hydrogen-bond acceptors (Lipinski definition) is 5. The van der Waals surface area contributed by atoms with Gasteiger partial charge in [-0.05, 0) is 17.7 Å². The van der Waals surface area contributed by atoms with Crippen LogP contribution in [-0.4, -0.2) is 41.7 Å². The Morgan fingerprint density at radius 1 is 1.35 bits per heavy atom. The first-order valence-corrected chi connectivity index (χ1v) is 7.28. The van der Waals surface area contributed by atoms with Crippen molar-refractivity contribution in [2.45, 2.75) is 6.54 Å². The number of fused-ring (bicyclic) bond motifs is 1. The summed E-state index contributed by atoms with van der Waals surface area (Å²) in [5, 5.41) is 2.77. The van der Waals surface area contributed by atoms with E-state index >= 15 is 0 Å². The highest BCUT2D eigenvalue weighted by Gasteiger charge is 2.23. The van der Waals surface area contributed by atoms with Crippen molar-refractivity contribution in [3.63, 3.8) is 0 Å². The Kier molecular flexibility index (Phi) is 3.68. The number of hydrogen-bond donors (Lipinski definition) is 1. The van der Waals surface area contributed by atoms with Crippen LogP contribution in [0.2, 0.25) is 0 Å². The van der Waals surface area contributed by atoms with Gasteiger partial charge in [-0.2, -0.15) is 0 Å². The molecule has 106 valence electrons. The van der Waals surface area contributed by atoms with Crippen LogP contribution in [0, 0.1) is 0 Å². The van der Waals surface area contributed by atoms with Gasteiger partial charge in [-0.3, -0.25) is 9.59 Å². The number of nitrogens with one attached hydrogen (secondary N) is 1. The molecule has 0 saturated carbocycles. The number of carbonyl (C=O) groups excluding carboxylic acids is 2. The fourth-order valence-electron chi connectivity index (χ4n) is 2.05. The van der Waals surface area contributed by atoms with E-state index in [-0.39, 0.29) is 24.5 Å². The van der Waals surface area contributed by atoms with Crippen molar-refractivity contribution in [3.8, 4) is 11.5 Å². The van der Waals surface area contributed by atoms with Crippen molar-refractivity contribution < 1.29 is 19.1 Å². The highest BCUT2D eigenvalue weighted by molar-refractivity contribution is 8.13. The van der Waals surface area contributed by atoms with Crippen molar-refractivity contribution >= 4 is 22.9 Å². The van der Waals surface area contributed by atoms with E-state index in [0.717, 1.165) is 17.1 Å². The van der Waals surface area contributed by atoms with Crippen LogP contribution in [0.25, 0.3) is 0 Å². The van der Waals surface area contributed by atoms with Crippen molar-refractivity contribution in [1.82, 2.24) is 10.2 Å². The zero-order chi connectivity index (χ0) is 13.9. The summed E-state index contributed by atoms with van der Waals surface area (Å²) in [6.45, 7) is 1.40. The minimum atomic E-state index is -0.154. The lowest BCUT2D eigenvalue weighted by atomic mass is 10.2. The van der Waals surface area contributed by atoms with Crippen LogP contribution in [0.3, 0.4) is 0 Å². The van der Waals surface area contributed by atoms with Crippen molar-refractivity contribution in [2.75, 3.05) is 25.6 Å². The normalized spacial score (nSPS) is 16.6. The first-order valence-electron chi connectivity index (χ1n) is 6.29. The summed E-state index contributed by atoms with van der Waals surface area (Å²) in [5.74, 6) is 2.02. The van der Waals surface area contributed by atoms with Gasteiger partial charge in [0.1, 0.15) is 6.54 Å².